The third-order valence-corrected chi connectivity index (χ3v) is 5.33. The number of rotatable bonds is 6. The lowest BCUT2D eigenvalue weighted by molar-refractivity contribution is -0.140. The summed E-state index contributed by atoms with van der Waals surface area (Å²) >= 11 is 0. The molecule has 4 aromatic heterocycles. The van der Waals surface area contributed by atoms with E-state index in [0.717, 1.165) is 11.8 Å². The minimum atomic E-state index is -4.49. The summed E-state index contributed by atoms with van der Waals surface area (Å²) in [6, 6.07) is 10.7. The summed E-state index contributed by atoms with van der Waals surface area (Å²) in [5.74, 6) is 1.58. The molecule has 0 atom stereocenters. The monoisotopic (exact) mass is 480 g/mol. The first-order chi connectivity index (χ1) is 16.8. The van der Waals surface area contributed by atoms with E-state index in [1.54, 1.807) is 24.4 Å². The van der Waals surface area contributed by atoms with Gasteiger partial charge in [-0.3, -0.25) is 0 Å². The highest BCUT2D eigenvalue weighted by atomic mass is 19.4. The number of anilines is 1. The van der Waals surface area contributed by atoms with Gasteiger partial charge in [0.2, 0.25) is 5.88 Å². The summed E-state index contributed by atoms with van der Waals surface area (Å²) < 4.78 is 45.6. The Bertz CT molecular complexity index is 1490. The molecule has 4 heterocycles. The molecule has 0 aliphatic heterocycles. The maximum absolute atomic E-state index is 13.0. The molecule has 0 radical (unpaired) electrons. The van der Waals surface area contributed by atoms with Crippen LogP contribution < -0.4 is 10.1 Å². The summed E-state index contributed by atoms with van der Waals surface area (Å²) in [6.45, 7) is 0.406. The van der Waals surface area contributed by atoms with Crippen LogP contribution in [-0.2, 0) is 19.8 Å². The number of aromatic nitrogens is 7. The lowest BCUT2D eigenvalue weighted by atomic mass is 10.1. The van der Waals surface area contributed by atoms with E-state index in [4.69, 9.17) is 4.74 Å². The van der Waals surface area contributed by atoms with Crippen molar-refractivity contribution < 1.29 is 17.9 Å². The number of nitrogens with zero attached hydrogens (tertiary/aromatic N) is 6. The van der Waals surface area contributed by atoms with Gasteiger partial charge in [-0.2, -0.15) is 13.2 Å². The Morgan fingerprint density at radius 1 is 1.06 bits per heavy atom. The predicted octanol–water partition coefficient (Wildman–Crippen LogP) is 4.45. The molecule has 35 heavy (non-hydrogen) atoms. The summed E-state index contributed by atoms with van der Waals surface area (Å²) in [4.78, 5) is 24.4. The quantitative estimate of drug-likeness (QED) is 0.370. The Kier molecular flexibility index (Phi) is 5.55. The van der Waals surface area contributed by atoms with Gasteiger partial charge < -0.3 is 19.6 Å². The van der Waals surface area contributed by atoms with E-state index in [0.29, 0.717) is 46.4 Å². The van der Waals surface area contributed by atoms with Crippen molar-refractivity contribution in [3.05, 3.63) is 66.4 Å². The van der Waals surface area contributed by atoms with Crippen molar-refractivity contribution in [2.75, 3.05) is 12.4 Å². The van der Waals surface area contributed by atoms with Gasteiger partial charge in [-0.15, -0.1) is 0 Å². The standard InChI is InChI=1S/C23H19F3N8O/c1-34-11-16(23(24,25)26)31-21(34)14-7-5-13(6-8-14)10-28-19-17-20(30-12-29-17)33-18(32-19)15-4-3-9-27-22(15)35-2/h3-9,11-12H,10H2,1-2H3,(H2,28,29,30,32,33). The van der Waals surface area contributed by atoms with E-state index in [2.05, 4.69) is 35.2 Å². The Morgan fingerprint density at radius 3 is 2.57 bits per heavy atom. The molecular formula is C23H19F3N8O. The van der Waals surface area contributed by atoms with Crippen LogP contribution in [0.25, 0.3) is 33.9 Å². The number of hydrogen-bond acceptors (Lipinski definition) is 7. The van der Waals surface area contributed by atoms with Crippen molar-refractivity contribution in [2.45, 2.75) is 12.7 Å². The lowest BCUT2D eigenvalue weighted by Gasteiger charge is -2.10. The van der Waals surface area contributed by atoms with Crippen LogP contribution >= 0.6 is 0 Å². The minimum Gasteiger partial charge on any atom is -0.480 e. The molecular weight excluding hydrogens is 461 g/mol. The molecule has 0 fully saturated rings. The normalized spacial score (nSPS) is 11.7. The smallest absolute Gasteiger partial charge is 0.434 e. The van der Waals surface area contributed by atoms with Crippen molar-refractivity contribution >= 4 is 17.0 Å². The van der Waals surface area contributed by atoms with Crippen molar-refractivity contribution in [3.8, 4) is 28.7 Å². The van der Waals surface area contributed by atoms with Crippen molar-refractivity contribution in [1.82, 2.24) is 34.5 Å². The molecule has 9 nitrogen and oxygen atoms in total. The summed E-state index contributed by atoms with van der Waals surface area (Å²) in [5.41, 5.74) is 2.30. The highest BCUT2D eigenvalue weighted by Gasteiger charge is 2.34. The topological polar surface area (TPSA) is 106 Å². The fourth-order valence-corrected chi connectivity index (χ4v) is 3.63. The molecule has 0 saturated carbocycles. The van der Waals surface area contributed by atoms with Crippen LogP contribution in [0.5, 0.6) is 5.88 Å². The third-order valence-electron chi connectivity index (χ3n) is 5.33. The van der Waals surface area contributed by atoms with Gasteiger partial charge >= 0.3 is 6.18 Å². The zero-order chi connectivity index (χ0) is 24.6. The number of ether oxygens (including phenoxy) is 1. The molecule has 178 valence electrons. The van der Waals surface area contributed by atoms with Crippen LogP contribution in [0.1, 0.15) is 11.3 Å². The third kappa shape index (κ3) is 4.37. The highest BCUT2D eigenvalue weighted by Crippen LogP contribution is 2.31. The zero-order valence-electron chi connectivity index (χ0n) is 18.6. The fourth-order valence-electron chi connectivity index (χ4n) is 3.63. The number of H-pyrrole nitrogens is 1. The summed E-state index contributed by atoms with van der Waals surface area (Å²) in [5, 5.41) is 3.28. The second kappa shape index (κ2) is 8.70. The number of fused-ring (bicyclic) bond motifs is 1. The first kappa shape index (κ1) is 22.3. The van der Waals surface area contributed by atoms with Gasteiger partial charge in [-0.1, -0.05) is 24.3 Å². The number of halogens is 3. The van der Waals surface area contributed by atoms with Gasteiger partial charge in [0.15, 0.2) is 23.0 Å². The van der Waals surface area contributed by atoms with E-state index in [1.165, 1.54) is 25.1 Å². The number of aromatic amines is 1. The lowest BCUT2D eigenvalue weighted by Crippen LogP contribution is -2.05. The van der Waals surface area contributed by atoms with Gasteiger partial charge in [0.25, 0.3) is 0 Å². The van der Waals surface area contributed by atoms with Crippen LogP contribution in [0.15, 0.2) is 55.1 Å². The SMILES string of the molecule is COc1ncccc1-c1nc(NCc2ccc(-c3nc(C(F)(F)F)cn3C)cc2)c2[nH]cnc2n1. The van der Waals surface area contributed by atoms with Gasteiger partial charge in [-0.05, 0) is 17.7 Å². The second-order valence-corrected chi connectivity index (χ2v) is 7.67. The van der Waals surface area contributed by atoms with Crippen molar-refractivity contribution in [3.63, 3.8) is 0 Å². The maximum atomic E-state index is 13.0. The van der Waals surface area contributed by atoms with Crippen molar-refractivity contribution in [1.29, 1.82) is 0 Å². The van der Waals surface area contributed by atoms with Crippen molar-refractivity contribution in [2.24, 2.45) is 7.05 Å². The number of imidazole rings is 2. The van der Waals surface area contributed by atoms with E-state index >= 15 is 0 Å². The predicted molar refractivity (Wildman–Crippen MR) is 122 cm³/mol. The number of nitrogens with one attached hydrogen (secondary N) is 2. The second-order valence-electron chi connectivity index (χ2n) is 7.67. The van der Waals surface area contributed by atoms with Crippen LogP contribution in [0.3, 0.4) is 0 Å². The maximum Gasteiger partial charge on any atom is 0.434 e. The Hall–Kier alpha value is -4.48. The molecule has 0 saturated heterocycles. The molecule has 0 bridgehead atoms. The Morgan fingerprint density at radius 2 is 1.86 bits per heavy atom. The first-order valence-corrected chi connectivity index (χ1v) is 10.5. The average Bonchev–Trinajstić information content (AvgIpc) is 3.49. The Labute approximate surface area is 197 Å². The fraction of sp³-hybridized carbons (Fsp3) is 0.174. The largest absolute Gasteiger partial charge is 0.480 e. The van der Waals surface area contributed by atoms with Crippen LogP contribution in [0, 0.1) is 0 Å². The van der Waals surface area contributed by atoms with Gasteiger partial charge in [0.1, 0.15) is 11.3 Å². The number of hydrogen-bond donors (Lipinski definition) is 2. The zero-order valence-corrected chi connectivity index (χ0v) is 18.6. The minimum absolute atomic E-state index is 0.238. The van der Waals surface area contributed by atoms with E-state index in [9.17, 15) is 13.2 Å². The number of pyridine rings is 1. The van der Waals surface area contributed by atoms with Crippen LogP contribution in [0.4, 0.5) is 19.0 Å². The number of benzene rings is 1. The highest BCUT2D eigenvalue weighted by molar-refractivity contribution is 5.85. The van der Waals surface area contributed by atoms with E-state index in [1.807, 2.05) is 18.2 Å². The molecule has 0 aliphatic rings. The number of methoxy groups -OCH3 is 1. The molecule has 2 N–H and O–H groups in total. The summed E-state index contributed by atoms with van der Waals surface area (Å²) in [7, 11) is 3.06. The molecule has 0 spiro atoms. The molecule has 1 aromatic carbocycles. The number of aryl methyl sites for hydroxylation is 1. The van der Waals surface area contributed by atoms with Crippen LogP contribution in [-0.4, -0.2) is 41.6 Å². The van der Waals surface area contributed by atoms with Gasteiger partial charge in [0, 0.05) is 31.5 Å². The molecule has 12 heteroatoms. The number of alkyl halides is 3. The van der Waals surface area contributed by atoms with E-state index < -0.39 is 11.9 Å². The Balaban J connectivity index is 1.39. The summed E-state index contributed by atoms with van der Waals surface area (Å²) in [6.07, 6.45) is -0.364. The van der Waals surface area contributed by atoms with E-state index in [-0.39, 0.29) is 5.82 Å². The van der Waals surface area contributed by atoms with Gasteiger partial charge in [0.05, 0.1) is 19.0 Å². The molecule has 5 aromatic rings. The average molecular weight is 480 g/mol. The van der Waals surface area contributed by atoms with Crippen LogP contribution in [0.2, 0.25) is 0 Å². The molecule has 0 unspecified atom stereocenters. The molecule has 5 rings (SSSR count). The van der Waals surface area contributed by atoms with Gasteiger partial charge in [-0.25, -0.2) is 24.9 Å². The molecule has 0 aliphatic carbocycles. The molecule has 0 amide bonds. The first-order valence-electron chi connectivity index (χ1n) is 10.5.